The molecule has 0 unspecified atom stereocenters. The summed E-state index contributed by atoms with van der Waals surface area (Å²) < 4.78 is 6.05. The first-order chi connectivity index (χ1) is 15.5. The summed E-state index contributed by atoms with van der Waals surface area (Å²) in [5.74, 6) is -0.244. The van der Waals surface area contributed by atoms with Gasteiger partial charge in [0, 0.05) is 11.8 Å². The third-order valence-electron chi connectivity index (χ3n) is 5.39. The van der Waals surface area contributed by atoms with Crippen molar-refractivity contribution >= 4 is 45.7 Å². The largest absolute Gasteiger partial charge is 0.493 e. The van der Waals surface area contributed by atoms with E-state index in [-0.39, 0.29) is 17.6 Å². The number of thioether (sulfide) groups is 1. The van der Waals surface area contributed by atoms with Crippen molar-refractivity contribution in [2.45, 2.75) is 57.8 Å². The summed E-state index contributed by atoms with van der Waals surface area (Å²) in [6.45, 7) is 0.649. The van der Waals surface area contributed by atoms with E-state index >= 15 is 0 Å². The van der Waals surface area contributed by atoms with Crippen LogP contribution in [0.25, 0.3) is 16.8 Å². The number of rotatable bonds is 13. The Balaban J connectivity index is 1.45. The third-order valence-corrected chi connectivity index (χ3v) is 6.20. The van der Waals surface area contributed by atoms with Gasteiger partial charge in [-0.3, -0.25) is 19.7 Å². The smallest absolute Gasteiger partial charge is 0.303 e. The molecule has 2 N–H and O–H groups in total. The Labute approximate surface area is 192 Å². The Hall–Kier alpha value is -2.80. The van der Waals surface area contributed by atoms with E-state index in [1.54, 1.807) is 6.08 Å². The van der Waals surface area contributed by atoms with Gasteiger partial charge in [-0.1, -0.05) is 68.9 Å². The first kappa shape index (κ1) is 23.9. The van der Waals surface area contributed by atoms with Gasteiger partial charge in [-0.15, -0.1) is 0 Å². The predicted molar refractivity (Wildman–Crippen MR) is 128 cm³/mol. The van der Waals surface area contributed by atoms with E-state index in [2.05, 4.69) is 5.32 Å². The Bertz CT molecular complexity index is 1000. The zero-order valence-corrected chi connectivity index (χ0v) is 18.9. The van der Waals surface area contributed by atoms with Gasteiger partial charge in [-0.2, -0.15) is 0 Å². The fourth-order valence-electron chi connectivity index (χ4n) is 3.73. The molecule has 3 rings (SSSR count). The minimum atomic E-state index is -0.707. The first-order valence-electron chi connectivity index (χ1n) is 11.2. The van der Waals surface area contributed by atoms with Crippen LogP contribution in [0, 0.1) is 0 Å². The van der Waals surface area contributed by atoms with Crippen molar-refractivity contribution in [3.8, 4) is 5.75 Å². The van der Waals surface area contributed by atoms with Crippen molar-refractivity contribution in [1.82, 2.24) is 5.32 Å². The molecule has 1 heterocycles. The summed E-state index contributed by atoms with van der Waals surface area (Å²) in [5, 5.41) is 12.5. The molecule has 2 amide bonds. The lowest BCUT2D eigenvalue weighted by Crippen LogP contribution is -2.17. The van der Waals surface area contributed by atoms with Crippen LogP contribution in [0.2, 0.25) is 0 Å². The molecule has 0 bridgehead atoms. The molecule has 1 saturated heterocycles. The number of carboxylic acid groups (broad SMARTS) is 1. The number of ether oxygens (including phenoxy) is 1. The molecule has 6 nitrogen and oxygen atoms in total. The molecule has 170 valence electrons. The number of hydrogen-bond donors (Lipinski definition) is 2. The molecule has 2 aromatic rings. The molecule has 7 heteroatoms. The molecule has 1 aliphatic heterocycles. The topological polar surface area (TPSA) is 92.7 Å². The minimum absolute atomic E-state index is 0.276. The predicted octanol–water partition coefficient (Wildman–Crippen LogP) is 6.14. The normalized spacial score (nSPS) is 14.8. The fourth-order valence-corrected chi connectivity index (χ4v) is 4.40. The summed E-state index contributed by atoms with van der Waals surface area (Å²) in [5.41, 5.74) is 0.878. The molecule has 0 saturated carbocycles. The zero-order chi connectivity index (χ0) is 22.8. The Morgan fingerprint density at radius 2 is 1.56 bits per heavy atom. The van der Waals surface area contributed by atoms with Gasteiger partial charge in [0.1, 0.15) is 5.75 Å². The van der Waals surface area contributed by atoms with E-state index in [1.807, 2.05) is 36.4 Å². The lowest BCUT2D eigenvalue weighted by Gasteiger charge is -2.11. The molecular weight excluding hydrogens is 426 g/mol. The number of carbonyl (C=O) groups excluding carboxylic acids is 2. The van der Waals surface area contributed by atoms with Crippen LogP contribution in [0.5, 0.6) is 5.75 Å². The molecule has 32 heavy (non-hydrogen) atoms. The molecular formula is C25H29NO5S. The second-order valence-electron chi connectivity index (χ2n) is 7.87. The lowest BCUT2D eigenvalue weighted by molar-refractivity contribution is -0.137. The van der Waals surface area contributed by atoms with Crippen molar-refractivity contribution in [3.63, 3.8) is 0 Å². The van der Waals surface area contributed by atoms with Crippen LogP contribution in [0.4, 0.5) is 4.79 Å². The SMILES string of the molecule is O=C(O)CCCCCCCCCCOc1ccc(/C=C2\SC(=O)NC2=O)c2ccccc12. The van der Waals surface area contributed by atoms with Gasteiger partial charge in [0.15, 0.2) is 0 Å². The standard InChI is InChI=1S/C25H29NO5S/c27-23(28)13-7-5-3-1-2-4-6-10-16-31-21-15-14-18(19-11-8-9-12-20(19)21)17-22-24(29)26-25(30)32-22/h8-9,11-12,14-15,17H,1-7,10,13,16H2,(H,27,28)(H,26,29,30)/b22-17-. The fraction of sp³-hybridized carbons (Fsp3) is 0.400. The lowest BCUT2D eigenvalue weighted by atomic mass is 10.0. The number of aliphatic carboxylic acids is 1. The highest BCUT2D eigenvalue weighted by molar-refractivity contribution is 8.18. The maximum atomic E-state index is 11.9. The maximum Gasteiger partial charge on any atom is 0.303 e. The van der Waals surface area contributed by atoms with E-state index in [4.69, 9.17) is 9.84 Å². The summed E-state index contributed by atoms with van der Waals surface area (Å²) in [7, 11) is 0. The second-order valence-corrected chi connectivity index (χ2v) is 8.89. The highest BCUT2D eigenvalue weighted by atomic mass is 32.2. The minimum Gasteiger partial charge on any atom is -0.493 e. The summed E-state index contributed by atoms with van der Waals surface area (Å²) >= 11 is 0.918. The van der Waals surface area contributed by atoms with Gasteiger partial charge in [0.25, 0.3) is 11.1 Å². The zero-order valence-electron chi connectivity index (χ0n) is 18.1. The summed E-state index contributed by atoms with van der Waals surface area (Å²) in [6.07, 6.45) is 10.5. The van der Waals surface area contributed by atoms with E-state index in [9.17, 15) is 14.4 Å². The third kappa shape index (κ3) is 7.12. The number of carbonyl (C=O) groups is 3. The number of carboxylic acids is 1. The van der Waals surface area contributed by atoms with E-state index in [1.165, 1.54) is 6.42 Å². The molecule has 2 aromatic carbocycles. The molecule has 0 radical (unpaired) electrons. The van der Waals surface area contributed by atoms with Crippen LogP contribution >= 0.6 is 11.8 Å². The van der Waals surface area contributed by atoms with E-state index < -0.39 is 5.97 Å². The van der Waals surface area contributed by atoms with E-state index in [0.717, 1.165) is 78.8 Å². The Morgan fingerprint density at radius 3 is 2.22 bits per heavy atom. The molecule has 0 atom stereocenters. The second kappa shape index (κ2) is 12.3. The molecule has 1 fully saturated rings. The van der Waals surface area contributed by atoms with E-state index in [0.29, 0.717) is 11.5 Å². The molecule has 1 aliphatic rings. The first-order valence-corrected chi connectivity index (χ1v) is 12.0. The van der Waals surface area contributed by atoms with Crippen LogP contribution in [-0.2, 0) is 9.59 Å². The van der Waals surface area contributed by atoms with Gasteiger partial charge < -0.3 is 9.84 Å². The van der Waals surface area contributed by atoms with Crippen molar-refractivity contribution in [2.24, 2.45) is 0 Å². The monoisotopic (exact) mass is 455 g/mol. The maximum absolute atomic E-state index is 11.9. The van der Waals surface area contributed by atoms with Crippen molar-refractivity contribution < 1.29 is 24.2 Å². The quantitative estimate of drug-likeness (QED) is 0.278. The number of nitrogens with one attached hydrogen (secondary N) is 1. The number of imide groups is 1. The highest BCUT2D eigenvalue weighted by Gasteiger charge is 2.25. The van der Waals surface area contributed by atoms with Crippen molar-refractivity contribution in [3.05, 3.63) is 46.9 Å². The average Bonchev–Trinajstić information content (AvgIpc) is 3.09. The Morgan fingerprint density at radius 1 is 0.906 bits per heavy atom. The number of benzene rings is 2. The summed E-state index contributed by atoms with van der Waals surface area (Å²) in [6, 6.07) is 11.7. The van der Waals surface area contributed by atoms with Gasteiger partial charge in [-0.25, -0.2) is 0 Å². The Kier molecular flexibility index (Phi) is 9.16. The van der Waals surface area contributed by atoms with Crippen LogP contribution in [0.3, 0.4) is 0 Å². The molecule has 0 aromatic heterocycles. The number of hydrogen-bond acceptors (Lipinski definition) is 5. The average molecular weight is 456 g/mol. The number of fused-ring (bicyclic) bond motifs is 1. The van der Waals surface area contributed by atoms with Crippen LogP contribution in [0.15, 0.2) is 41.3 Å². The number of unbranched alkanes of at least 4 members (excludes halogenated alkanes) is 7. The van der Waals surface area contributed by atoms with Crippen LogP contribution < -0.4 is 10.1 Å². The van der Waals surface area contributed by atoms with Crippen molar-refractivity contribution in [1.29, 1.82) is 0 Å². The summed E-state index contributed by atoms with van der Waals surface area (Å²) in [4.78, 5) is 34.2. The highest BCUT2D eigenvalue weighted by Crippen LogP contribution is 2.32. The number of amides is 2. The molecule has 0 spiro atoms. The van der Waals surface area contributed by atoms with Crippen molar-refractivity contribution in [2.75, 3.05) is 6.61 Å². The van der Waals surface area contributed by atoms with Gasteiger partial charge in [-0.05, 0) is 47.7 Å². The van der Waals surface area contributed by atoms with Crippen LogP contribution in [-0.4, -0.2) is 28.8 Å². The van der Waals surface area contributed by atoms with Gasteiger partial charge in [0.05, 0.1) is 11.5 Å². The van der Waals surface area contributed by atoms with Crippen LogP contribution in [0.1, 0.15) is 63.4 Å². The van der Waals surface area contributed by atoms with Gasteiger partial charge >= 0.3 is 5.97 Å². The van der Waals surface area contributed by atoms with Gasteiger partial charge in [0.2, 0.25) is 0 Å². The molecule has 0 aliphatic carbocycles.